The highest BCUT2D eigenvalue weighted by atomic mass is 32.1. The summed E-state index contributed by atoms with van der Waals surface area (Å²) < 4.78 is 5.45. The summed E-state index contributed by atoms with van der Waals surface area (Å²) >= 11 is 1.55. The molecule has 0 radical (unpaired) electrons. The molecule has 0 spiro atoms. The highest BCUT2D eigenvalue weighted by Crippen LogP contribution is 2.26. The van der Waals surface area contributed by atoms with Crippen molar-refractivity contribution in [2.75, 3.05) is 26.2 Å². The smallest absolute Gasteiger partial charge is 0.254 e. The summed E-state index contributed by atoms with van der Waals surface area (Å²) in [6.45, 7) is 9.45. The van der Waals surface area contributed by atoms with Crippen LogP contribution < -0.4 is 0 Å². The fourth-order valence-corrected chi connectivity index (χ4v) is 3.79. The van der Waals surface area contributed by atoms with Crippen molar-refractivity contribution in [1.82, 2.24) is 19.9 Å². The van der Waals surface area contributed by atoms with Crippen LogP contribution in [0.25, 0.3) is 0 Å². The first-order chi connectivity index (χ1) is 11.5. The Balaban J connectivity index is 1.84. The summed E-state index contributed by atoms with van der Waals surface area (Å²) in [6.07, 6.45) is 0.951. The number of hydrogen-bond acceptors (Lipinski definition) is 6. The number of rotatable bonds is 4. The zero-order valence-electron chi connectivity index (χ0n) is 14.4. The summed E-state index contributed by atoms with van der Waals surface area (Å²) in [5.74, 6) is 1.87. The van der Waals surface area contributed by atoms with E-state index in [1.807, 2.05) is 28.7 Å². The second-order valence-corrected chi connectivity index (χ2v) is 7.48. The lowest BCUT2D eigenvalue weighted by Crippen LogP contribution is -2.39. The van der Waals surface area contributed by atoms with Gasteiger partial charge in [0.15, 0.2) is 5.82 Å². The van der Waals surface area contributed by atoms with Crippen LogP contribution in [0.4, 0.5) is 0 Å². The van der Waals surface area contributed by atoms with Crippen LogP contribution in [0, 0.1) is 12.8 Å². The lowest BCUT2D eigenvalue weighted by Gasteiger charge is -2.30. The summed E-state index contributed by atoms with van der Waals surface area (Å²) in [5, 5.41) is 7.79. The standard InChI is InChI=1S/C17H24N4O2S/c1-12(2)9-20-6-4-7-21(17(22)14-5-8-24-11-14)10-15(20)16-18-13(3)19-23-16/h5,8,11-12,15H,4,6-7,9-10H2,1-3H3. The van der Waals surface area contributed by atoms with Crippen LogP contribution in [0.2, 0.25) is 0 Å². The van der Waals surface area contributed by atoms with E-state index in [1.54, 1.807) is 11.3 Å². The number of nitrogens with zero attached hydrogens (tertiary/aromatic N) is 4. The van der Waals surface area contributed by atoms with Gasteiger partial charge in [-0.2, -0.15) is 16.3 Å². The molecule has 0 saturated carbocycles. The highest BCUT2D eigenvalue weighted by molar-refractivity contribution is 7.08. The minimum atomic E-state index is -0.0429. The number of thiophene rings is 1. The van der Waals surface area contributed by atoms with E-state index in [1.165, 1.54) is 0 Å². The van der Waals surface area contributed by atoms with Gasteiger partial charge < -0.3 is 9.42 Å². The Bertz CT molecular complexity index is 668. The molecule has 130 valence electrons. The summed E-state index contributed by atoms with van der Waals surface area (Å²) in [6, 6.07) is 1.84. The molecule has 2 aromatic rings. The van der Waals surface area contributed by atoms with Crippen LogP contribution in [-0.4, -0.2) is 52.0 Å². The second kappa shape index (κ2) is 7.44. The van der Waals surface area contributed by atoms with Gasteiger partial charge >= 0.3 is 0 Å². The van der Waals surface area contributed by atoms with Crippen LogP contribution in [0.1, 0.15) is 48.4 Å². The van der Waals surface area contributed by atoms with E-state index in [-0.39, 0.29) is 11.9 Å². The normalized spacial score (nSPS) is 19.7. The highest BCUT2D eigenvalue weighted by Gasteiger charge is 2.32. The van der Waals surface area contributed by atoms with Gasteiger partial charge in [-0.25, -0.2) is 0 Å². The van der Waals surface area contributed by atoms with Gasteiger partial charge in [0.05, 0.1) is 5.56 Å². The van der Waals surface area contributed by atoms with Crippen molar-refractivity contribution in [2.24, 2.45) is 5.92 Å². The molecule has 0 bridgehead atoms. The largest absolute Gasteiger partial charge is 0.338 e. The quantitative estimate of drug-likeness (QED) is 0.850. The third-order valence-electron chi connectivity index (χ3n) is 4.19. The fraction of sp³-hybridized carbons (Fsp3) is 0.588. The fourth-order valence-electron chi connectivity index (χ4n) is 3.16. The van der Waals surface area contributed by atoms with E-state index in [0.717, 1.165) is 31.6 Å². The van der Waals surface area contributed by atoms with Gasteiger partial charge in [-0.1, -0.05) is 19.0 Å². The Morgan fingerprint density at radius 3 is 2.92 bits per heavy atom. The van der Waals surface area contributed by atoms with Gasteiger partial charge in [0.2, 0.25) is 5.89 Å². The van der Waals surface area contributed by atoms with Crippen LogP contribution in [0.3, 0.4) is 0 Å². The molecule has 24 heavy (non-hydrogen) atoms. The Labute approximate surface area is 146 Å². The molecular formula is C17H24N4O2S. The van der Waals surface area contributed by atoms with Crippen molar-refractivity contribution >= 4 is 17.2 Å². The molecule has 0 aliphatic carbocycles. The topological polar surface area (TPSA) is 62.5 Å². The van der Waals surface area contributed by atoms with Crippen molar-refractivity contribution in [3.8, 4) is 0 Å². The number of aryl methyl sites for hydroxylation is 1. The lowest BCUT2D eigenvalue weighted by atomic mass is 10.1. The van der Waals surface area contributed by atoms with Gasteiger partial charge in [-0.3, -0.25) is 9.69 Å². The van der Waals surface area contributed by atoms with Crippen molar-refractivity contribution in [1.29, 1.82) is 0 Å². The van der Waals surface area contributed by atoms with E-state index < -0.39 is 0 Å². The molecule has 2 aromatic heterocycles. The van der Waals surface area contributed by atoms with Crippen LogP contribution in [0.5, 0.6) is 0 Å². The molecule has 0 aromatic carbocycles. The number of carbonyl (C=O) groups excluding carboxylic acids is 1. The van der Waals surface area contributed by atoms with E-state index >= 15 is 0 Å². The van der Waals surface area contributed by atoms with Gasteiger partial charge in [-0.05, 0) is 30.7 Å². The average Bonchev–Trinajstić information content (AvgIpc) is 3.16. The Hall–Kier alpha value is -1.73. The molecular weight excluding hydrogens is 324 g/mol. The molecule has 1 amide bonds. The van der Waals surface area contributed by atoms with Crippen LogP contribution in [-0.2, 0) is 0 Å². The Morgan fingerprint density at radius 1 is 1.46 bits per heavy atom. The van der Waals surface area contributed by atoms with Crippen molar-refractivity contribution in [3.63, 3.8) is 0 Å². The number of hydrogen-bond donors (Lipinski definition) is 0. The van der Waals surface area contributed by atoms with Gasteiger partial charge in [0.1, 0.15) is 6.04 Å². The first-order valence-electron chi connectivity index (χ1n) is 8.40. The van der Waals surface area contributed by atoms with Gasteiger partial charge in [0.25, 0.3) is 5.91 Å². The third kappa shape index (κ3) is 3.84. The minimum absolute atomic E-state index is 0.0429. The molecule has 0 N–H and O–H groups in total. The van der Waals surface area contributed by atoms with E-state index in [4.69, 9.17) is 4.52 Å². The maximum Gasteiger partial charge on any atom is 0.254 e. The molecule has 1 atom stereocenters. The first-order valence-corrected chi connectivity index (χ1v) is 9.34. The summed E-state index contributed by atoms with van der Waals surface area (Å²) in [5.41, 5.74) is 0.762. The molecule has 3 rings (SSSR count). The zero-order valence-corrected chi connectivity index (χ0v) is 15.3. The monoisotopic (exact) mass is 348 g/mol. The first kappa shape index (κ1) is 17.1. The number of aromatic nitrogens is 2. The van der Waals surface area contributed by atoms with Crippen LogP contribution in [0.15, 0.2) is 21.3 Å². The van der Waals surface area contributed by atoms with E-state index in [2.05, 4.69) is 28.9 Å². The molecule has 1 aliphatic rings. The lowest BCUT2D eigenvalue weighted by molar-refractivity contribution is 0.0709. The number of amides is 1. The minimum Gasteiger partial charge on any atom is -0.338 e. The maximum absolute atomic E-state index is 12.8. The predicted molar refractivity (Wildman–Crippen MR) is 93.0 cm³/mol. The summed E-state index contributed by atoms with van der Waals surface area (Å²) in [4.78, 5) is 21.5. The second-order valence-electron chi connectivity index (χ2n) is 6.70. The SMILES string of the molecule is Cc1noc(C2CN(C(=O)c3ccsc3)CCCN2CC(C)C)n1. The number of carbonyl (C=O) groups is 1. The molecule has 6 nitrogen and oxygen atoms in total. The molecule has 1 saturated heterocycles. The molecule has 1 aliphatic heterocycles. The zero-order chi connectivity index (χ0) is 17.1. The third-order valence-corrected chi connectivity index (χ3v) is 4.87. The van der Waals surface area contributed by atoms with Gasteiger partial charge in [0, 0.05) is 31.6 Å². The predicted octanol–water partition coefficient (Wildman–Crippen LogP) is 2.98. The van der Waals surface area contributed by atoms with Crippen molar-refractivity contribution < 1.29 is 9.32 Å². The van der Waals surface area contributed by atoms with Crippen LogP contribution >= 0.6 is 11.3 Å². The van der Waals surface area contributed by atoms with E-state index in [9.17, 15) is 4.79 Å². The van der Waals surface area contributed by atoms with E-state index in [0.29, 0.717) is 24.2 Å². The van der Waals surface area contributed by atoms with Crippen molar-refractivity contribution in [3.05, 3.63) is 34.1 Å². The Morgan fingerprint density at radius 2 is 2.29 bits per heavy atom. The molecule has 1 unspecified atom stereocenters. The molecule has 1 fully saturated rings. The van der Waals surface area contributed by atoms with Gasteiger partial charge in [-0.15, -0.1) is 0 Å². The average molecular weight is 348 g/mol. The molecule has 7 heteroatoms. The molecule has 3 heterocycles. The Kier molecular flexibility index (Phi) is 5.30. The summed E-state index contributed by atoms with van der Waals surface area (Å²) in [7, 11) is 0. The maximum atomic E-state index is 12.8. The van der Waals surface area contributed by atoms with Crippen molar-refractivity contribution in [2.45, 2.75) is 33.2 Å².